The quantitative estimate of drug-likeness (QED) is 0.576. The number of hydrogen-bond donors (Lipinski definition) is 0. The summed E-state index contributed by atoms with van der Waals surface area (Å²) < 4.78 is 10.7. The van der Waals surface area contributed by atoms with Crippen molar-refractivity contribution in [2.75, 3.05) is 13.7 Å². The Morgan fingerprint density at radius 2 is 1.82 bits per heavy atom. The molecule has 33 heavy (non-hydrogen) atoms. The van der Waals surface area contributed by atoms with Crippen LogP contribution in [0.2, 0.25) is 0 Å². The second kappa shape index (κ2) is 9.38. The average Bonchev–Trinajstić information content (AvgIpc) is 3.59. The van der Waals surface area contributed by atoms with Gasteiger partial charge in [-0.05, 0) is 60.3 Å². The zero-order valence-electron chi connectivity index (χ0n) is 19.0. The van der Waals surface area contributed by atoms with E-state index in [2.05, 4.69) is 5.10 Å². The lowest BCUT2D eigenvalue weighted by Crippen LogP contribution is -2.31. The highest BCUT2D eigenvalue weighted by Gasteiger charge is 2.40. The number of carbonyl (C=O) groups is 2. The Kier molecular flexibility index (Phi) is 6.16. The average molecular weight is 447 g/mol. The predicted octanol–water partition coefficient (Wildman–Crippen LogP) is 4.74. The summed E-state index contributed by atoms with van der Waals surface area (Å²) in [5, 5.41) is 6.13. The number of esters is 1. The molecule has 2 fully saturated rings. The van der Waals surface area contributed by atoms with Crippen LogP contribution in [0.3, 0.4) is 0 Å². The lowest BCUT2D eigenvalue weighted by molar-refractivity contribution is -0.153. The van der Waals surface area contributed by atoms with Gasteiger partial charge in [-0.15, -0.1) is 0 Å². The number of nitrogens with zero attached hydrogens (tertiary/aromatic N) is 2. The SMILES string of the molecule is COc1ccc(C2CC(c3ccccc3)=NN2C(=O)COC(=O)CC2CC3CCC2C3)cc1. The van der Waals surface area contributed by atoms with Gasteiger partial charge in [-0.2, -0.15) is 5.10 Å². The molecule has 2 bridgehead atoms. The maximum Gasteiger partial charge on any atom is 0.306 e. The first-order chi connectivity index (χ1) is 16.1. The van der Waals surface area contributed by atoms with E-state index in [0.29, 0.717) is 24.7 Å². The summed E-state index contributed by atoms with van der Waals surface area (Å²) in [5.74, 6) is 2.06. The molecule has 2 aliphatic carbocycles. The van der Waals surface area contributed by atoms with Gasteiger partial charge in [0.15, 0.2) is 6.61 Å². The monoisotopic (exact) mass is 446 g/mol. The Labute approximate surface area is 194 Å². The summed E-state index contributed by atoms with van der Waals surface area (Å²) in [5.41, 5.74) is 2.80. The van der Waals surface area contributed by atoms with Gasteiger partial charge in [-0.3, -0.25) is 9.59 Å². The van der Waals surface area contributed by atoms with Gasteiger partial charge in [0.25, 0.3) is 5.91 Å². The van der Waals surface area contributed by atoms with Crippen LogP contribution >= 0.6 is 0 Å². The molecule has 3 aliphatic rings. The molecule has 4 atom stereocenters. The number of benzene rings is 2. The van der Waals surface area contributed by atoms with Crippen LogP contribution in [0.4, 0.5) is 0 Å². The van der Waals surface area contributed by atoms with Gasteiger partial charge in [-0.25, -0.2) is 5.01 Å². The maximum atomic E-state index is 13.1. The third-order valence-electron chi connectivity index (χ3n) is 7.44. The van der Waals surface area contributed by atoms with Gasteiger partial charge < -0.3 is 9.47 Å². The molecule has 6 heteroatoms. The van der Waals surface area contributed by atoms with Crippen molar-refractivity contribution in [3.05, 3.63) is 65.7 Å². The highest BCUT2D eigenvalue weighted by atomic mass is 16.5. The number of ether oxygens (including phenoxy) is 2. The van der Waals surface area contributed by atoms with E-state index < -0.39 is 0 Å². The van der Waals surface area contributed by atoms with Crippen molar-refractivity contribution in [1.82, 2.24) is 5.01 Å². The highest BCUT2D eigenvalue weighted by Crippen LogP contribution is 2.49. The minimum atomic E-state index is -0.303. The summed E-state index contributed by atoms with van der Waals surface area (Å²) in [7, 11) is 1.63. The summed E-state index contributed by atoms with van der Waals surface area (Å²) in [6.45, 7) is -0.280. The molecule has 6 nitrogen and oxygen atoms in total. The van der Waals surface area contributed by atoms with Crippen molar-refractivity contribution in [1.29, 1.82) is 0 Å². The van der Waals surface area contributed by atoms with Crippen LogP contribution < -0.4 is 4.74 Å². The fraction of sp³-hybridized carbons (Fsp3) is 0.444. The van der Waals surface area contributed by atoms with Crippen LogP contribution in [0.1, 0.15) is 55.7 Å². The first kappa shape index (κ1) is 21.7. The molecule has 0 radical (unpaired) electrons. The molecule has 2 saturated carbocycles. The van der Waals surface area contributed by atoms with E-state index in [1.54, 1.807) is 7.11 Å². The molecular formula is C27H30N2O4. The van der Waals surface area contributed by atoms with Crippen molar-refractivity contribution in [2.45, 2.75) is 44.6 Å². The van der Waals surface area contributed by atoms with Gasteiger partial charge in [0.1, 0.15) is 5.75 Å². The van der Waals surface area contributed by atoms with Crippen LogP contribution in [0.15, 0.2) is 59.7 Å². The van der Waals surface area contributed by atoms with Gasteiger partial charge in [0.2, 0.25) is 0 Å². The van der Waals surface area contributed by atoms with E-state index in [4.69, 9.17) is 9.47 Å². The Morgan fingerprint density at radius 1 is 1.03 bits per heavy atom. The maximum absolute atomic E-state index is 13.1. The molecule has 4 unspecified atom stereocenters. The second-order valence-electron chi connectivity index (χ2n) is 9.44. The summed E-state index contributed by atoms with van der Waals surface area (Å²) >= 11 is 0. The summed E-state index contributed by atoms with van der Waals surface area (Å²) in [6.07, 6.45) is 5.94. The molecule has 1 heterocycles. The zero-order chi connectivity index (χ0) is 22.8. The fourth-order valence-corrected chi connectivity index (χ4v) is 5.74. The van der Waals surface area contributed by atoms with Crippen LogP contribution in [0.5, 0.6) is 5.75 Å². The van der Waals surface area contributed by atoms with Gasteiger partial charge >= 0.3 is 5.97 Å². The van der Waals surface area contributed by atoms with Crippen molar-refractivity contribution in [2.24, 2.45) is 22.9 Å². The van der Waals surface area contributed by atoms with E-state index >= 15 is 0 Å². The van der Waals surface area contributed by atoms with Crippen molar-refractivity contribution >= 4 is 17.6 Å². The van der Waals surface area contributed by atoms with E-state index in [-0.39, 0.29) is 24.5 Å². The van der Waals surface area contributed by atoms with Crippen molar-refractivity contribution in [3.8, 4) is 5.75 Å². The minimum Gasteiger partial charge on any atom is -0.497 e. The van der Waals surface area contributed by atoms with Gasteiger partial charge in [-0.1, -0.05) is 48.9 Å². The molecule has 172 valence electrons. The normalized spacial score (nSPS) is 25.7. The number of amides is 1. The third-order valence-corrected chi connectivity index (χ3v) is 7.44. The summed E-state index contributed by atoms with van der Waals surface area (Å²) in [4.78, 5) is 25.6. The highest BCUT2D eigenvalue weighted by molar-refractivity contribution is 6.03. The standard InChI is InChI=1S/C27H30N2O4/c1-32-23-11-9-20(10-12-23)25-16-24(19-5-3-2-4-6-19)28-29(25)26(30)17-33-27(31)15-22-14-18-7-8-21(22)13-18/h2-6,9-12,18,21-22,25H,7-8,13-17H2,1H3. The third kappa shape index (κ3) is 4.65. The van der Waals surface area contributed by atoms with E-state index in [1.165, 1.54) is 24.3 Å². The Hall–Kier alpha value is -3.15. The summed E-state index contributed by atoms with van der Waals surface area (Å²) in [6, 6.07) is 17.3. The van der Waals surface area contributed by atoms with Crippen molar-refractivity contribution < 1.29 is 19.1 Å². The minimum absolute atomic E-state index is 0.247. The molecule has 5 rings (SSSR count). The van der Waals surface area contributed by atoms with Crippen LogP contribution in [0, 0.1) is 17.8 Å². The Balaban J connectivity index is 1.27. The van der Waals surface area contributed by atoms with E-state index in [0.717, 1.165) is 34.9 Å². The largest absolute Gasteiger partial charge is 0.497 e. The number of fused-ring (bicyclic) bond motifs is 2. The smallest absolute Gasteiger partial charge is 0.306 e. The Morgan fingerprint density at radius 3 is 2.48 bits per heavy atom. The van der Waals surface area contributed by atoms with Crippen LogP contribution in [-0.4, -0.2) is 36.3 Å². The molecule has 1 amide bonds. The van der Waals surface area contributed by atoms with Gasteiger partial charge in [0.05, 0.1) is 18.9 Å². The number of carbonyl (C=O) groups excluding carboxylic acids is 2. The first-order valence-corrected chi connectivity index (χ1v) is 11.8. The number of rotatable bonds is 7. The molecule has 0 N–H and O–H groups in total. The molecule has 2 aromatic carbocycles. The molecule has 1 aliphatic heterocycles. The van der Waals surface area contributed by atoms with Crippen LogP contribution in [-0.2, 0) is 14.3 Å². The molecule has 0 spiro atoms. The Bertz CT molecular complexity index is 1030. The lowest BCUT2D eigenvalue weighted by atomic mass is 9.86. The fourth-order valence-electron chi connectivity index (χ4n) is 5.74. The molecule has 2 aromatic rings. The van der Waals surface area contributed by atoms with E-state index in [9.17, 15) is 9.59 Å². The molecular weight excluding hydrogens is 416 g/mol. The number of hydrazone groups is 1. The lowest BCUT2D eigenvalue weighted by Gasteiger charge is -2.23. The number of methoxy groups -OCH3 is 1. The van der Waals surface area contributed by atoms with Crippen molar-refractivity contribution in [3.63, 3.8) is 0 Å². The van der Waals surface area contributed by atoms with E-state index in [1.807, 2.05) is 54.6 Å². The first-order valence-electron chi connectivity index (χ1n) is 11.8. The van der Waals surface area contributed by atoms with Crippen LogP contribution in [0.25, 0.3) is 0 Å². The number of hydrogen-bond acceptors (Lipinski definition) is 5. The van der Waals surface area contributed by atoms with Gasteiger partial charge in [0, 0.05) is 12.8 Å². The molecule has 0 saturated heterocycles. The zero-order valence-corrected chi connectivity index (χ0v) is 19.0. The predicted molar refractivity (Wildman–Crippen MR) is 125 cm³/mol. The molecule has 0 aromatic heterocycles. The topological polar surface area (TPSA) is 68.2 Å². The second-order valence-corrected chi connectivity index (χ2v) is 9.44.